The van der Waals surface area contributed by atoms with E-state index < -0.39 is 0 Å². The Kier molecular flexibility index (Phi) is 4.77. The van der Waals surface area contributed by atoms with E-state index in [0.717, 1.165) is 30.2 Å². The number of carbonyl (C=O) groups excluding carboxylic acids is 1. The van der Waals surface area contributed by atoms with Crippen molar-refractivity contribution in [1.82, 2.24) is 15.1 Å². The molecule has 2 heterocycles. The first kappa shape index (κ1) is 15.0. The predicted octanol–water partition coefficient (Wildman–Crippen LogP) is 1.40. The molecule has 2 N–H and O–H groups in total. The molecule has 0 bridgehead atoms. The Hall–Kier alpha value is -1.40. The molecular weight excluding hydrogens is 256 g/mol. The number of amides is 1. The Morgan fingerprint density at radius 2 is 2.30 bits per heavy atom. The number of aryl methyl sites for hydroxylation is 1. The molecule has 0 saturated carbocycles. The van der Waals surface area contributed by atoms with Gasteiger partial charge in [0, 0.05) is 25.0 Å². The summed E-state index contributed by atoms with van der Waals surface area (Å²) in [5.74, 6) is 0.00232. The summed E-state index contributed by atoms with van der Waals surface area (Å²) >= 11 is 0. The largest absolute Gasteiger partial charge is 0.378 e. The lowest BCUT2D eigenvalue weighted by atomic mass is 10.2. The van der Waals surface area contributed by atoms with Gasteiger partial charge in [0.05, 0.1) is 30.3 Å². The van der Waals surface area contributed by atoms with E-state index in [9.17, 15) is 4.79 Å². The van der Waals surface area contributed by atoms with E-state index in [2.05, 4.69) is 29.6 Å². The van der Waals surface area contributed by atoms with E-state index in [0.29, 0.717) is 13.0 Å². The van der Waals surface area contributed by atoms with Crippen LogP contribution in [0.1, 0.15) is 37.7 Å². The summed E-state index contributed by atoms with van der Waals surface area (Å²) in [6.07, 6.45) is 0.422. The third-order valence-electron chi connectivity index (χ3n) is 3.51. The SMILES string of the molecule is Cc1nn(C(C)C)c(C)c1NC(=O)CC1COCCN1. The maximum atomic E-state index is 12.1. The third-order valence-corrected chi connectivity index (χ3v) is 3.51. The highest BCUT2D eigenvalue weighted by atomic mass is 16.5. The molecule has 0 radical (unpaired) electrons. The highest BCUT2D eigenvalue weighted by molar-refractivity contribution is 5.92. The first-order valence-corrected chi connectivity index (χ1v) is 7.15. The number of aromatic nitrogens is 2. The van der Waals surface area contributed by atoms with E-state index in [-0.39, 0.29) is 18.0 Å². The molecule has 1 aromatic rings. The summed E-state index contributed by atoms with van der Waals surface area (Å²) in [5.41, 5.74) is 2.69. The number of rotatable bonds is 4. The minimum absolute atomic E-state index is 0.00232. The van der Waals surface area contributed by atoms with Crippen molar-refractivity contribution in [2.24, 2.45) is 0 Å². The van der Waals surface area contributed by atoms with Gasteiger partial charge in [0.25, 0.3) is 0 Å². The normalized spacial score (nSPS) is 19.4. The van der Waals surface area contributed by atoms with Crippen LogP contribution in [0.3, 0.4) is 0 Å². The van der Waals surface area contributed by atoms with Crippen LogP contribution >= 0.6 is 0 Å². The summed E-state index contributed by atoms with van der Waals surface area (Å²) in [6.45, 7) is 10.2. The number of nitrogens with one attached hydrogen (secondary N) is 2. The van der Waals surface area contributed by atoms with Gasteiger partial charge in [-0.15, -0.1) is 0 Å². The van der Waals surface area contributed by atoms with Crippen LogP contribution in [0.4, 0.5) is 5.69 Å². The smallest absolute Gasteiger partial charge is 0.226 e. The summed E-state index contributed by atoms with van der Waals surface area (Å²) in [4.78, 5) is 12.1. The topological polar surface area (TPSA) is 68.2 Å². The van der Waals surface area contributed by atoms with Crippen LogP contribution in [0.25, 0.3) is 0 Å². The van der Waals surface area contributed by atoms with E-state index in [4.69, 9.17) is 4.74 Å². The van der Waals surface area contributed by atoms with Crippen molar-refractivity contribution in [2.75, 3.05) is 25.1 Å². The van der Waals surface area contributed by atoms with Gasteiger partial charge in [-0.3, -0.25) is 9.48 Å². The minimum atomic E-state index is 0.00232. The van der Waals surface area contributed by atoms with Crippen LogP contribution in [0, 0.1) is 13.8 Å². The standard InChI is InChI=1S/C14H24N4O2/c1-9(2)18-11(4)14(10(3)17-18)16-13(19)7-12-8-20-6-5-15-12/h9,12,15H,5-8H2,1-4H3,(H,16,19). The van der Waals surface area contributed by atoms with E-state index >= 15 is 0 Å². The molecule has 0 aliphatic carbocycles. The van der Waals surface area contributed by atoms with Crippen LogP contribution < -0.4 is 10.6 Å². The molecule has 1 fully saturated rings. The zero-order valence-electron chi connectivity index (χ0n) is 12.7. The fourth-order valence-electron chi connectivity index (χ4n) is 2.51. The number of carbonyl (C=O) groups is 1. The average Bonchev–Trinajstić information content (AvgIpc) is 2.68. The lowest BCUT2D eigenvalue weighted by molar-refractivity contribution is -0.117. The highest BCUT2D eigenvalue weighted by Gasteiger charge is 2.20. The summed E-state index contributed by atoms with van der Waals surface area (Å²) in [7, 11) is 0. The second-order valence-electron chi connectivity index (χ2n) is 5.56. The van der Waals surface area contributed by atoms with Gasteiger partial charge in [-0.1, -0.05) is 0 Å². The van der Waals surface area contributed by atoms with E-state index in [1.54, 1.807) is 0 Å². The zero-order chi connectivity index (χ0) is 14.7. The quantitative estimate of drug-likeness (QED) is 0.875. The van der Waals surface area contributed by atoms with Crippen LogP contribution in [0.5, 0.6) is 0 Å². The fraction of sp³-hybridized carbons (Fsp3) is 0.714. The summed E-state index contributed by atoms with van der Waals surface area (Å²) in [5, 5.41) is 10.7. The summed E-state index contributed by atoms with van der Waals surface area (Å²) in [6, 6.07) is 0.386. The van der Waals surface area contributed by atoms with E-state index in [1.807, 2.05) is 18.5 Å². The van der Waals surface area contributed by atoms with Crippen molar-refractivity contribution in [3.05, 3.63) is 11.4 Å². The first-order valence-electron chi connectivity index (χ1n) is 7.15. The lowest BCUT2D eigenvalue weighted by Gasteiger charge is -2.23. The van der Waals surface area contributed by atoms with E-state index in [1.165, 1.54) is 0 Å². The number of nitrogens with zero attached hydrogens (tertiary/aromatic N) is 2. The van der Waals surface area contributed by atoms with Crippen molar-refractivity contribution in [2.45, 2.75) is 46.2 Å². The number of morpholine rings is 1. The highest BCUT2D eigenvalue weighted by Crippen LogP contribution is 2.22. The molecule has 1 atom stereocenters. The molecule has 0 spiro atoms. The lowest BCUT2D eigenvalue weighted by Crippen LogP contribution is -2.43. The second kappa shape index (κ2) is 6.37. The Bertz CT molecular complexity index is 476. The molecule has 2 rings (SSSR count). The Labute approximate surface area is 119 Å². The number of hydrogen-bond donors (Lipinski definition) is 2. The molecule has 1 aromatic heterocycles. The van der Waals surface area contributed by atoms with Gasteiger partial charge < -0.3 is 15.4 Å². The second-order valence-corrected chi connectivity index (χ2v) is 5.56. The molecule has 1 aliphatic heterocycles. The Morgan fingerprint density at radius 1 is 1.55 bits per heavy atom. The molecule has 1 saturated heterocycles. The number of ether oxygens (including phenoxy) is 1. The fourth-order valence-corrected chi connectivity index (χ4v) is 2.51. The molecule has 6 heteroatoms. The van der Waals surface area contributed by atoms with Gasteiger partial charge in [-0.25, -0.2) is 0 Å². The van der Waals surface area contributed by atoms with Crippen molar-refractivity contribution >= 4 is 11.6 Å². The Balaban J connectivity index is 2.00. The molecule has 6 nitrogen and oxygen atoms in total. The molecule has 1 unspecified atom stereocenters. The van der Waals surface area contributed by atoms with Gasteiger partial charge in [0.2, 0.25) is 5.91 Å². The molecule has 112 valence electrons. The third kappa shape index (κ3) is 3.37. The van der Waals surface area contributed by atoms with Gasteiger partial charge in [-0.2, -0.15) is 5.10 Å². The van der Waals surface area contributed by atoms with Gasteiger partial charge in [-0.05, 0) is 27.7 Å². The minimum Gasteiger partial charge on any atom is -0.378 e. The maximum Gasteiger partial charge on any atom is 0.226 e. The molecule has 20 heavy (non-hydrogen) atoms. The van der Waals surface area contributed by atoms with Gasteiger partial charge in [0.1, 0.15) is 0 Å². The monoisotopic (exact) mass is 280 g/mol. The maximum absolute atomic E-state index is 12.1. The van der Waals surface area contributed by atoms with Crippen LogP contribution in [-0.4, -0.2) is 41.5 Å². The molecule has 1 amide bonds. The molecular formula is C14H24N4O2. The molecule has 1 aliphatic rings. The van der Waals surface area contributed by atoms with Crippen molar-refractivity contribution in [1.29, 1.82) is 0 Å². The average molecular weight is 280 g/mol. The first-order chi connectivity index (χ1) is 9.49. The number of anilines is 1. The van der Waals surface area contributed by atoms with Crippen molar-refractivity contribution < 1.29 is 9.53 Å². The van der Waals surface area contributed by atoms with Crippen LogP contribution in [-0.2, 0) is 9.53 Å². The Morgan fingerprint density at radius 3 is 2.85 bits per heavy atom. The van der Waals surface area contributed by atoms with Crippen molar-refractivity contribution in [3.8, 4) is 0 Å². The van der Waals surface area contributed by atoms with Crippen molar-refractivity contribution in [3.63, 3.8) is 0 Å². The van der Waals surface area contributed by atoms with Crippen LogP contribution in [0.2, 0.25) is 0 Å². The number of hydrogen-bond acceptors (Lipinski definition) is 4. The van der Waals surface area contributed by atoms with Gasteiger partial charge >= 0.3 is 0 Å². The van der Waals surface area contributed by atoms with Gasteiger partial charge in [0.15, 0.2) is 0 Å². The predicted molar refractivity (Wildman–Crippen MR) is 77.9 cm³/mol. The zero-order valence-corrected chi connectivity index (χ0v) is 12.7. The molecule has 0 aromatic carbocycles. The van der Waals surface area contributed by atoms with Crippen LogP contribution in [0.15, 0.2) is 0 Å². The summed E-state index contributed by atoms with van der Waals surface area (Å²) < 4.78 is 7.29.